The lowest BCUT2D eigenvalue weighted by molar-refractivity contribution is -0.127. The number of carbonyl (C=O) groups excluding carboxylic acids is 2. The molecule has 156 valence electrons. The van der Waals surface area contributed by atoms with Crippen molar-refractivity contribution in [3.05, 3.63) is 69.9 Å². The van der Waals surface area contributed by atoms with Gasteiger partial charge in [0.25, 0.3) is 5.91 Å². The van der Waals surface area contributed by atoms with E-state index in [1.165, 1.54) is 21.7 Å². The Hall–Kier alpha value is -3.07. The van der Waals surface area contributed by atoms with Gasteiger partial charge in [0, 0.05) is 36.9 Å². The number of nitrogens with one attached hydrogen (secondary N) is 1. The van der Waals surface area contributed by atoms with Gasteiger partial charge in [0.15, 0.2) is 5.69 Å². The summed E-state index contributed by atoms with van der Waals surface area (Å²) < 4.78 is 14.5. The fraction of sp³-hybridized carbons (Fsp3) is 0.333. The second-order valence-corrected chi connectivity index (χ2v) is 8.41. The molecular weight excluding hydrogens is 405 g/mol. The molecule has 3 heterocycles. The molecule has 0 radical (unpaired) electrons. The average Bonchev–Trinajstić information content (AvgIpc) is 3.48. The highest BCUT2D eigenvalue weighted by molar-refractivity contribution is 7.09. The quantitative estimate of drug-likeness (QED) is 0.599. The number of benzene rings is 1. The van der Waals surface area contributed by atoms with Gasteiger partial charge < -0.3 is 10.2 Å². The predicted molar refractivity (Wildman–Crippen MR) is 111 cm³/mol. The maximum Gasteiger partial charge on any atom is 0.273 e. The Kier molecular flexibility index (Phi) is 6.18. The van der Waals surface area contributed by atoms with E-state index in [1.54, 1.807) is 29.7 Å². The van der Waals surface area contributed by atoms with Gasteiger partial charge in [-0.3, -0.25) is 9.59 Å². The van der Waals surface area contributed by atoms with E-state index < -0.39 is 0 Å². The summed E-state index contributed by atoms with van der Waals surface area (Å²) in [4.78, 5) is 27.7. The number of thiophene rings is 1. The summed E-state index contributed by atoms with van der Waals surface area (Å²) in [7, 11) is 0. The number of likely N-dealkylation sites (tertiary alicyclic amines) is 1. The standard InChI is InChI=1S/C21H22FN5O2S/c22-17-5-3-15(4-6-17)13-27-14-19(24-25-27)21(29)23-11-16-10-20(28)26(12-16)8-7-18-2-1-9-30-18/h1-6,9,14,16H,7-8,10-13H2,(H,23,29). The zero-order valence-corrected chi connectivity index (χ0v) is 17.1. The second kappa shape index (κ2) is 9.17. The summed E-state index contributed by atoms with van der Waals surface area (Å²) >= 11 is 1.70. The van der Waals surface area contributed by atoms with E-state index in [0.717, 1.165) is 12.0 Å². The van der Waals surface area contributed by atoms with Gasteiger partial charge in [-0.1, -0.05) is 23.4 Å². The number of nitrogens with zero attached hydrogens (tertiary/aromatic N) is 4. The highest BCUT2D eigenvalue weighted by atomic mass is 32.1. The van der Waals surface area contributed by atoms with Gasteiger partial charge in [-0.15, -0.1) is 16.4 Å². The monoisotopic (exact) mass is 427 g/mol. The van der Waals surface area contributed by atoms with Gasteiger partial charge in [0.1, 0.15) is 5.82 Å². The van der Waals surface area contributed by atoms with Gasteiger partial charge in [0.05, 0.1) is 12.7 Å². The van der Waals surface area contributed by atoms with E-state index in [1.807, 2.05) is 16.3 Å². The number of aromatic nitrogens is 3. The molecule has 1 aliphatic rings. The van der Waals surface area contributed by atoms with Crippen molar-refractivity contribution in [2.75, 3.05) is 19.6 Å². The Bertz CT molecular complexity index is 1000. The molecule has 0 bridgehead atoms. The third kappa shape index (κ3) is 5.10. The minimum Gasteiger partial charge on any atom is -0.350 e. The molecule has 1 unspecified atom stereocenters. The van der Waals surface area contributed by atoms with Crippen molar-refractivity contribution < 1.29 is 14.0 Å². The van der Waals surface area contributed by atoms with E-state index in [-0.39, 0.29) is 29.2 Å². The number of carbonyl (C=O) groups is 2. The lowest BCUT2D eigenvalue weighted by atomic mass is 10.1. The molecule has 0 saturated carbocycles. The van der Waals surface area contributed by atoms with Crippen LogP contribution in [0.4, 0.5) is 4.39 Å². The molecule has 30 heavy (non-hydrogen) atoms. The summed E-state index contributed by atoms with van der Waals surface area (Å²) in [5, 5.41) is 12.8. The van der Waals surface area contributed by atoms with Crippen molar-refractivity contribution in [1.82, 2.24) is 25.2 Å². The molecule has 3 aromatic rings. The number of halogens is 1. The topological polar surface area (TPSA) is 80.1 Å². The Morgan fingerprint density at radius 3 is 2.87 bits per heavy atom. The fourth-order valence-corrected chi connectivity index (χ4v) is 4.19. The number of hydrogen-bond acceptors (Lipinski definition) is 5. The zero-order valence-electron chi connectivity index (χ0n) is 16.3. The van der Waals surface area contributed by atoms with Crippen molar-refractivity contribution in [3.63, 3.8) is 0 Å². The fourth-order valence-electron chi connectivity index (χ4n) is 3.49. The molecule has 0 aliphatic carbocycles. The maximum atomic E-state index is 13.0. The molecule has 9 heteroatoms. The molecule has 1 fully saturated rings. The molecule has 1 saturated heterocycles. The minimum atomic E-state index is -0.315. The molecule has 1 N–H and O–H groups in total. The van der Waals surface area contributed by atoms with Crippen LogP contribution in [0.15, 0.2) is 48.0 Å². The molecule has 1 atom stereocenters. The third-order valence-corrected chi connectivity index (χ3v) is 6.02. The first-order chi connectivity index (χ1) is 14.6. The van der Waals surface area contributed by atoms with Crippen LogP contribution in [0.2, 0.25) is 0 Å². The SMILES string of the molecule is O=C(NCC1CC(=O)N(CCc2cccs2)C1)c1cn(Cc2ccc(F)cc2)nn1. The van der Waals surface area contributed by atoms with Crippen LogP contribution in [0.3, 0.4) is 0 Å². The molecular formula is C21H22FN5O2S. The number of amides is 2. The van der Waals surface area contributed by atoms with E-state index in [2.05, 4.69) is 21.7 Å². The molecule has 4 rings (SSSR count). The molecule has 2 aromatic heterocycles. The van der Waals surface area contributed by atoms with Crippen molar-refractivity contribution in [2.24, 2.45) is 5.92 Å². The Balaban J connectivity index is 1.24. The van der Waals surface area contributed by atoms with E-state index in [0.29, 0.717) is 32.6 Å². The van der Waals surface area contributed by atoms with E-state index >= 15 is 0 Å². The van der Waals surface area contributed by atoms with E-state index in [4.69, 9.17) is 0 Å². The maximum absolute atomic E-state index is 13.0. The van der Waals surface area contributed by atoms with Gasteiger partial charge >= 0.3 is 0 Å². The van der Waals surface area contributed by atoms with Gasteiger partial charge in [0.2, 0.25) is 5.91 Å². The van der Waals surface area contributed by atoms with Gasteiger partial charge in [-0.25, -0.2) is 9.07 Å². The van der Waals surface area contributed by atoms with Crippen molar-refractivity contribution in [1.29, 1.82) is 0 Å². The first kappa shape index (κ1) is 20.2. The first-order valence-electron chi connectivity index (χ1n) is 9.80. The lowest BCUT2D eigenvalue weighted by Gasteiger charge is -2.16. The molecule has 1 aromatic carbocycles. The minimum absolute atomic E-state index is 0.0963. The lowest BCUT2D eigenvalue weighted by Crippen LogP contribution is -2.32. The van der Waals surface area contributed by atoms with Crippen LogP contribution in [0.1, 0.15) is 27.3 Å². The Morgan fingerprint density at radius 2 is 2.10 bits per heavy atom. The molecule has 0 spiro atoms. The second-order valence-electron chi connectivity index (χ2n) is 7.38. The largest absolute Gasteiger partial charge is 0.350 e. The number of rotatable bonds is 8. The van der Waals surface area contributed by atoms with Gasteiger partial charge in [-0.2, -0.15) is 0 Å². The van der Waals surface area contributed by atoms with Crippen molar-refractivity contribution in [2.45, 2.75) is 19.4 Å². The van der Waals surface area contributed by atoms with Crippen LogP contribution in [0, 0.1) is 11.7 Å². The summed E-state index contributed by atoms with van der Waals surface area (Å²) in [5.41, 5.74) is 1.08. The molecule has 7 nitrogen and oxygen atoms in total. The normalized spacial score (nSPS) is 16.2. The van der Waals surface area contributed by atoms with Crippen LogP contribution in [0.25, 0.3) is 0 Å². The Labute approximate surface area is 177 Å². The Morgan fingerprint density at radius 1 is 1.27 bits per heavy atom. The van der Waals surface area contributed by atoms with Crippen LogP contribution in [-0.4, -0.2) is 51.3 Å². The summed E-state index contributed by atoms with van der Waals surface area (Å²) in [5.74, 6) is -0.382. The molecule has 2 amide bonds. The number of hydrogen-bond donors (Lipinski definition) is 1. The van der Waals surface area contributed by atoms with Crippen LogP contribution >= 0.6 is 11.3 Å². The molecule has 1 aliphatic heterocycles. The summed E-state index contributed by atoms with van der Waals surface area (Å²) in [6.45, 7) is 2.19. The summed E-state index contributed by atoms with van der Waals surface area (Å²) in [6.07, 6.45) is 2.87. The zero-order chi connectivity index (χ0) is 20.9. The van der Waals surface area contributed by atoms with Crippen LogP contribution in [0.5, 0.6) is 0 Å². The first-order valence-corrected chi connectivity index (χ1v) is 10.7. The van der Waals surface area contributed by atoms with Crippen LogP contribution in [-0.2, 0) is 17.8 Å². The smallest absolute Gasteiger partial charge is 0.273 e. The van der Waals surface area contributed by atoms with E-state index in [9.17, 15) is 14.0 Å². The predicted octanol–water partition coefficient (Wildman–Crippen LogP) is 2.35. The average molecular weight is 428 g/mol. The summed E-state index contributed by atoms with van der Waals surface area (Å²) in [6, 6.07) is 10.2. The highest BCUT2D eigenvalue weighted by Gasteiger charge is 2.29. The van der Waals surface area contributed by atoms with Crippen molar-refractivity contribution in [3.8, 4) is 0 Å². The highest BCUT2D eigenvalue weighted by Crippen LogP contribution is 2.19. The van der Waals surface area contributed by atoms with Crippen LogP contribution < -0.4 is 5.32 Å². The van der Waals surface area contributed by atoms with Crippen molar-refractivity contribution >= 4 is 23.2 Å². The van der Waals surface area contributed by atoms with Gasteiger partial charge in [-0.05, 0) is 35.6 Å². The third-order valence-electron chi connectivity index (χ3n) is 5.08.